The highest BCUT2D eigenvalue weighted by molar-refractivity contribution is 14.1. The van der Waals surface area contributed by atoms with Crippen molar-refractivity contribution in [2.45, 2.75) is 13.8 Å². The maximum Gasteiger partial charge on any atom is 0.286 e. The first-order valence-corrected chi connectivity index (χ1v) is 4.89. The fourth-order valence-corrected chi connectivity index (χ4v) is 1.86. The van der Waals surface area contributed by atoms with Gasteiger partial charge in [0.15, 0.2) is 5.13 Å². The predicted octanol–water partition coefficient (Wildman–Crippen LogP) is 2.73. The Labute approximate surface area is 82.4 Å². The van der Waals surface area contributed by atoms with Gasteiger partial charge in [0.1, 0.15) is 0 Å². The molecule has 0 atom stereocenters. The van der Waals surface area contributed by atoms with E-state index in [1.165, 1.54) is 11.3 Å². The van der Waals surface area contributed by atoms with Gasteiger partial charge in [-0.15, -0.1) is 11.3 Å². The van der Waals surface area contributed by atoms with Crippen molar-refractivity contribution < 1.29 is 4.79 Å². The lowest BCUT2D eigenvalue weighted by atomic mass is 10.4. The van der Waals surface area contributed by atoms with Gasteiger partial charge < -0.3 is 0 Å². The van der Waals surface area contributed by atoms with Crippen molar-refractivity contribution in [3.8, 4) is 0 Å². The lowest BCUT2D eigenvalue weighted by Gasteiger charge is -1.90. The van der Waals surface area contributed by atoms with E-state index in [2.05, 4.69) is 10.3 Å². The first kappa shape index (κ1) is 8.92. The molecule has 1 aromatic rings. The Morgan fingerprint density at radius 3 is 2.64 bits per heavy atom. The first-order chi connectivity index (χ1) is 5.09. The number of hydrogen-bond donors (Lipinski definition) is 1. The van der Waals surface area contributed by atoms with Gasteiger partial charge in [-0.05, 0) is 13.8 Å². The molecule has 3 nitrogen and oxygen atoms in total. The molecule has 1 N–H and O–H groups in total. The molecular weight excluding hydrogens is 275 g/mol. The zero-order valence-corrected chi connectivity index (χ0v) is 9.12. The summed E-state index contributed by atoms with van der Waals surface area (Å²) >= 11 is 3.18. The van der Waals surface area contributed by atoms with E-state index in [1.807, 2.05) is 13.8 Å². The van der Waals surface area contributed by atoms with Crippen LogP contribution in [0.2, 0.25) is 0 Å². The number of nitrogens with one attached hydrogen (secondary N) is 1. The summed E-state index contributed by atoms with van der Waals surface area (Å²) in [7, 11) is 0. The molecule has 0 saturated heterocycles. The van der Waals surface area contributed by atoms with Crippen molar-refractivity contribution in [1.82, 2.24) is 4.98 Å². The van der Waals surface area contributed by atoms with Gasteiger partial charge in [0.25, 0.3) is 3.91 Å². The Kier molecular flexibility index (Phi) is 2.83. The Hall–Kier alpha value is -0.170. The Balaban J connectivity index is 2.81. The third-order valence-electron chi connectivity index (χ3n) is 1.23. The number of anilines is 1. The molecule has 0 fully saturated rings. The number of nitrogens with zero attached hydrogens (tertiary/aromatic N) is 1. The minimum Gasteiger partial charge on any atom is -0.293 e. The van der Waals surface area contributed by atoms with Crippen LogP contribution < -0.4 is 5.32 Å². The van der Waals surface area contributed by atoms with E-state index in [1.54, 1.807) is 22.6 Å². The fraction of sp³-hybridized carbons (Fsp3) is 0.333. The van der Waals surface area contributed by atoms with Crippen LogP contribution >= 0.6 is 33.9 Å². The smallest absolute Gasteiger partial charge is 0.286 e. The molecular formula is C6H7IN2OS. The van der Waals surface area contributed by atoms with Gasteiger partial charge in [-0.2, -0.15) is 0 Å². The highest BCUT2D eigenvalue weighted by Gasteiger charge is 2.03. The summed E-state index contributed by atoms with van der Waals surface area (Å²) in [6.07, 6.45) is 0. The Bertz CT molecular complexity index is 265. The zero-order valence-electron chi connectivity index (χ0n) is 6.14. The fourth-order valence-electron chi connectivity index (χ4n) is 0.610. The van der Waals surface area contributed by atoms with Gasteiger partial charge in [0.2, 0.25) is 0 Å². The van der Waals surface area contributed by atoms with E-state index >= 15 is 0 Å². The van der Waals surface area contributed by atoms with Crippen molar-refractivity contribution >= 4 is 43.0 Å². The minimum atomic E-state index is -0.101. The molecule has 5 heteroatoms. The number of amides is 1. The molecule has 0 aliphatic carbocycles. The standard InChI is InChI=1S/C6H7IN2OS/c1-3-4(2)11-6(8-3)9-5(7)10/h1-2H3,(H,8,9,10). The van der Waals surface area contributed by atoms with E-state index in [4.69, 9.17) is 0 Å². The molecule has 1 heterocycles. The summed E-state index contributed by atoms with van der Waals surface area (Å²) in [4.78, 5) is 15.9. The van der Waals surface area contributed by atoms with Crippen LogP contribution in [0.3, 0.4) is 0 Å². The Morgan fingerprint density at radius 1 is 1.64 bits per heavy atom. The molecule has 0 aromatic carbocycles. The van der Waals surface area contributed by atoms with Crippen molar-refractivity contribution in [3.05, 3.63) is 10.6 Å². The summed E-state index contributed by atoms with van der Waals surface area (Å²) in [5.41, 5.74) is 0.982. The largest absolute Gasteiger partial charge is 0.293 e. The molecule has 0 unspecified atom stereocenters. The summed E-state index contributed by atoms with van der Waals surface area (Å²) in [5.74, 6) is 0. The molecule has 1 rings (SSSR count). The molecule has 11 heavy (non-hydrogen) atoms. The maximum atomic E-state index is 10.6. The van der Waals surface area contributed by atoms with Crippen LogP contribution in [-0.2, 0) is 0 Å². The second kappa shape index (κ2) is 3.48. The molecule has 0 spiro atoms. The van der Waals surface area contributed by atoms with Gasteiger partial charge in [0, 0.05) is 27.5 Å². The monoisotopic (exact) mass is 282 g/mol. The summed E-state index contributed by atoms with van der Waals surface area (Å²) in [6.45, 7) is 3.91. The van der Waals surface area contributed by atoms with Gasteiger partial charge in [-0.25, -0.2) is 4.98 Å². The Morgan fingerprint density at radius 2 is 2.27 bits per heavy atom. The van der Waals surface area contributed by atoms with Crippen LogP contribution in [0.1, 0.15) is 10.6 Å². The van der Waals surface area contributed by atoms with Crippen molar-refractivity contribution in [2.24, 2.45) is 0 Å². The first-order valence-electron chi connectivity index (χ1n) is 3.00. The zero-order chi connectivity index (χ0) is 8.43. The van der Waals surface area contributed by atoms with Gasteiger partial charge in [-0.3, -0.25) is 10.1 Å². The van der Waals surface area contributed by atoms with E-state index in [0.29, 0.717) is 5.13 Å². The van der Waals surface area contributed by atoms with Crippen LogP contribution in [0.15, 0.2) is 0 Å². The van der Waals surface area contributed by atoms with Crippen molar-refractivity contribution in [3.63, 3.8) is 0 Å². The van der Waals surface area contributed by atoms with Crippen LogP contribution in [-0.4, -0.2) is 8.90 Å². The molecule has 1 amide bonds. The van der Waals surface area contributed by atoms with Gasteiger partial charge in [-0.1, -0.05) is 0 Å². The van der Waals surface area contributed by atoms with Crippen LogP contribution in [0.4, 0.5) is 9.93 Å². The summed E-state index contributed by atoms with van der Waals surface area (Å²) in [5, 5.41) is 3.30. The highest BCUT2D eigenvalue weighted by Crippen LogP contribution is 2.21. The number of aromatic nitrogens is 1. The average molecular weight is 282 g/mol. The second-order valence-corrected chi connectivity index (χ2v) is 4.24. The molecule has 0 radical (unpaired) electrons. The maximum absolute atomic E-state index is 10.6. The van der Waals surface area contributed by atoms with Crippen molar-refractivity contribution in [2.75, 3.05) is 5.32 Å². The third-order valence-corrected chi connectivity index (χ3v) is 2.49. The van der Waals surface area contributed by atoms with Crippen molar-refractivity contribution in [1.29, 1.82) is 0 Å². The van der Waals surface area contributed by atoms with E-state index in [0.717, 1.165) is 10.6 Å². The molecule has 0 aliphatic heterocycles. The minimum absolute atomic E-state index is 0.101. The number of halogens is 1. The number of hydrogen-bond acceptors (Lipinski definition) is 3. The van der Waals surface area contributed by atoms with E-state index < -0.39 is 0 Å². The van der Waals surface area contributed by atoms with E-state index in [9.17, 15) is 4.79 Å². The van der Waals surface area contributed by atoms with Gasteiger partial charge in [0.05, 0.1) is 5.69 Å². The number of carbonyl (C=O) groups is 1. The number of carbonyl (C=O) groups excluding carboxylic acids is 1. The predicted molar refractivity (Wildman–Crippen MR) is 54.6 cm³/mol. The molecule has 0 bridgehead atoms. The molecule has 60 valence electrons. The van der Waals surface area contributed by atoms with Crippen LogP contribution in [0.5, 0.6) is 0 Å². The SMILES string of the molecule is Cc1nc(NC(=O)I)sc1C. The topological polar surface area (TPSA) is 42.0 Å². The average Bonchev–Trinajstić information content (AvgIpc) is 2.10. The van der Waals surface area contributed by atoms with Crippen LogP contribution in [0, 0.1) is 13.8 Å². The molecule has 1 aromatic heterocycles. The van der Waals surface area contributed by atoms with Crippen LogP contribution in [0.25, 0.3) is 0 Å². The third kappa shape index (κ3) is 2.41. The van der Waals surface area contributed by atoms with E-state index in [-0.39, 0.29) is 3.91 Å². The molecule has 0 saturated carbocycles. The number of aryl methyl sites for hydroxylation is 2. The lowest BCUT2D eigenvalue weighted by molar-refractivity contribution is 0.272. The van der Waals surface area contributed by atoms with Gasteiger partial charge >= 0.3 is 0 Å². The highest BCUT2D eigenvalue weighted by atomic mass is 127. The summed E-state index contributed by atoms with van der Waals surface area (Å²) in [6, 6.07) is 0. The second-order valence-electron chi connectivity index (χ2n) is 2.06. The normalized spacial score (nSPS) is 9.73. The summed E-state index contributed by atoms with van der Waals surface area (Å²) < 4.78 is -0.101. The number of thiazole rings is 1. The molecule has 0 aliphatic rings. The lowest BCUT2D eigenvalue weighted by Crippen LogP contribution is -1.98. The number of rotatable bonds is 1. The quantitative estimate of drug-likeness (QED) is 0.489.